The molecule has 0 aliphatic carbocycles. The molecule has 1 aromatic carbocycles. The topological polar surface area (TPSA) is 62.7 Å². The molecule has 0 radical (unpaired) electrons. The summed E-state index contributed by atoms with van der Waals surface area (Å²) >= 11 is 6.16. The number of aromatic nitrogens is 1. The number of amides is 2. The van der Waals surface area contributed by atoms with E-state index in [0.29, 0.717) is 30.1 Å². The van der Waals surface area contributed by atoms with Gasteiger partial charge in [0.05, 0.1) is 29.6 Å². The summed E-state index contributed by atoms with van der Waals surface area (Å²) in [6.45, 7) is 1.06. The lowest BCUT2D eigenvalue weighted by molar-refractivity contribution is -0.138. The molecule has 6 nitrogen and oxygen atoms in total. The Kier molecular flexibility index (Phi) is 3.74. The van der Waals surface area contributed by atoms with Gasteiger partial charge in [0.1, 0.15) is 6.10 Å². The molecule has 0 saturated carbocycles. The molecule has 7 heteroatoms. The molecule has 3 aliphatic heterocycles. The zero-order valence-electron chi connectivity index (χ0n) is 14.5. The Morgan fingerprint density at radius 3 is 2.85 bits per heavy atom. The van der Waals surface area contributed by atoms with Gasteiger partial charge in [-0.15, -0.1) is 0 Å². The predicted molar refractivity (Wildman–Crippen MR) is 98.0 cm³/mol. The van der Waals surface area contributed by atoms with Crippen LogP contribution in [0.25, 0.3) is 0 Å². The predicted octanol–water partition coefficient (Wildman–Crippen LogP) is 2.65. The van der Waals surface area contributed by atoms with E-state index in [2.05, 4.69) is 4.98 Å². The van der Waals surface area contributed by atoms with Gasteiger partial charge in [-0.2, -0.15) is 0 Å². The zero-order valence-corrected chi connectivity index (χ0v) is 15.3. The van der Waals surface area contributed by atoms with Gasteiger partial charge in [0, 0.05) is 25.4 Å². The molecule has 1 aromatic heterocycles. The summed E-state index contributed by atoms with van der Waals surface area (Å²) in [5.41, 5.74) is 0.731. The highest BCUT2D eigenvalue weighted by molar-refractivity contribution is 6.33. The number of hydrogen-bond donors (Lipinski definition) is 0. The lowest BCUT2D eigenvalue weighted by atomic mass is 10.1. The van der Waals surface area contributed by atoms with Crippen LogP contribution in [0.1, 0.15) is 34.9 Å². The van der Waals surface area contributed by atoms with E-state index in [1.54, 1.807) is 17.2 Å². The monoisotopic (exact) mass is 383 g/mol. The van der Waals surface area contributed by atoms with Crippen LogP contribution in [0.3, 0.4) is 0 Å². The van der Waals surface area contributed by atoms with Gasteiger partial charge < -0.3 is 14.5 Å². The molecular weight excluding hydrogens is 366 g/mol. The number of benzene rings is 1. The summed E-state index contributed by atoms with van der Waals surface area (Å²) in [5, 5.41) is 0.319. The Morgan fingerprint density at radius 1 is 1.26 bits per heavy atom. The van der Waals surface area contributed by atoms with Crippen LogP contribution in [0, 0.1) is 0 Å². The first kappa shape index (κ1) is 16.7. The van der Waals surface area contributed by atoms with Crippen molar-refractivity contribution in [2.75, 3.05) is 13.1 Å². The summed E-state index contributed by atoms with van der Waals surface area (Å²) in [6, 6.07) is 11.2. The highest BCUT2D eigenvalue weighted by atomic mass is 35.5. The van der Waals surface area contributed by atoms with Crippen LogP contribution in [0.15, 0.2) is 48.8 Å². The number of carbonyl (C=O) groups is 2. The molecule has 5 rings (SSSR count). The fourth-order valence-corrected chi connectivity index (χ4v) is 4.81. The summed E-state index contributed by atoms with van der Waals surface area (Å²) in [4.78, 5) is 33.3. The number of rotatable bonds is 2. The number of hydrogen-bond acceptors (Lipinski definition) is 4. The first-order chi connectivity index (χ1) is 13.1. The van der Waals surface area contributed by atoms with E-state index in [4.69, 9.17) is 16.3 Å². The van der Waals surface area contributed by atoms with E-state index < -0.39 is 5.72 Å². The van der Waals surface area contributed by atoms with Gasteiger partial charge in [0.2, 0.25) is 5.91 Å². The minimum atomic E-state index is -0.729. The third-order valence-electron chi connectivity index (χ3n) is 5.86. The maximum absolute atomic E-state index is 13.1. The quantitative estimate of drug-likeness (QED) is 0.799. The van der Waals surface area contributed by atoms with Gasteiger partial charge in [-0.1, -0.05) is 41.9 Å². The van der Waals surface area contributed by atoms with E-state index in [-0.39, 0.29) is 30.4 Å². The zero-order chi connectivity index (χ0) is 18.6. The lowest BCUT2D eigenvalue weighted by Gasteiger charge is -2.32. The standard InChI is InChI=1S/C20H18ClN3O3/c21-15-11-22-8-6-14(15)19(26)23-9-7-20-17(23)10-18(25)24(20)12-16(27-20)13-4-2-1-3-5-13/h1-6,8,11,16-17H,7,9-10,12H2/t16-,17-,20+/m1/s1. The number of ether oxygens (including phenoxy) is 1. The van der Waals surface area contributed by atoms with Crippen molar-refractivity contribution < 1.29 is 14.3 Å². The Balaban J connectivity index is 1.46. The van der Waals surface area contributed by atoms with Crippen LogP contribution in [0.4, 0.5) is 0 Å². The van der Waals surface area contributed by atoms with Gasteiger partial charge in [0.15, 0.2) is 5.72 Å². The second-order valence-electron chi connectivity index (χ2n) is 7.19. The van der Waals surface area contributed by atoms with E-state index in [1.807, 2.05) is 35.2 Å². The minimum absolute atomic E-state index is 0.0387. The second kappa shape index (κ2) is 6.04. The number of halogens is 1. The van der Waals surface area contributed by atoms with Gasteiger partial charge in [-0.05, 0) is 11.6 Å². The van der Waals surface area contributed by atoms with Crippen LogP contribution in [-0.4, -0.2) is 51.5 Å². The van der Waals surface area contributed by atoms with Crippen molar-refractivity contribution in [1.82, 2.24) is 14.8 Å². The normalized spacial score (nSPS) is 29.1. The molecule has 0 N–H and O–H groups in total. The summed E-state index contributed by atoms with van der Waals surface area (Å²) in [6.07, 6.45) is 3.74. The van der Waals surface area contributed by atoms with Crippen LogP contribution < -0.4 is 0 Å². The van der Waals surface area contributed by atoms with Crippen molar-refractivity contribution in [3.63, 3.8) is 0 Å². The summed E-state index contributed by atoms with van der Waals surface area (Å²) < 4.78 is 6.47. The molecule has 0 unspecified atom stereocenters. The largest absolute Gasteiger partial charge is 0.343 e. The van der Waals surface area contributed by atoms with E-state index in [0.717, 1.165) is 5.56 Å². The summed E-state index contributed by atoms with van der Waals surface area (Å²) in [7, 11) is 0. The average molecular weight is 384 g/mol. The number of likely N-dealkylation sites (tertiary alicyclic amines) is 1. The van der Waals surface area contributed by atoms with Crippen LogP contribution in [0.5, 0.6) is 0 Å². The molecule has 3 saturated heterocycles. The average Bonchev–Trinajstić information content (AvgIpc) is 3.31. The highest BCUT2D eigenvalue weighted by Crippen LogP contribution is 2.50. The third kappa shape index (κ3) is 2.40. The molecule has 4 heterocycles. The highest BCUT2D eigenvalue weighted by Gasteiger charge is 2.65. The third-order valence-corrected chi connectivity index (χ3v) is 6.16. The van der Waals surface area contributed by atoms with Crippen LogP contribution in [-0.2, 0) is 9.53 Å². The number of pyridine rings is 1. The molecule has 2 amide bonds. The molecule has 0 bridgehead atoms. The first-order valence-electron chi connectivity index (χ1n) is 9.04. The molecule has 3 fully saturated rings. The van der Waals surface area contributed by atoms with E-state index >= 15 is 0 Å². The number of carbonyl (C=O) groups excluding carboxylic acids is 2. The fourth-order valence-electron chi connectivity index (χ4n) is 4.61. The van der Waals surface area contributed by atoms with E-state index in [9.17, 15) is 9.59 Å². The molecule has 3 aliphatic rings. The van der Waals surface area contributed by atoms with Gasteiger partial charge >= 0.3 is 0 Å². The van der Waals surface area contributed by atoms with Crippen molar-refractivity contribution >= 4 is 23.4 Å². The van der Waals surface area contributed by atoms with Gasteiger partial charge in [-0.25, -0.2) is 0 Å². The fraction of sp³-hybridized carbons (Fsp3) is 0.350. The minimum Gasteiger partial charge on any atom is -0.343 e. The van der Waals surface area contributed by atoms with Crippen molar-refractivity contribution in [3.8, 4) is 0 Å². The maximum atomic E-state index is 13.1. The smallest absolute Gasteiger partial charge is 0.255 e. The van der Waals surface area contributed by atoms with Crippen molar-refractivity contribution in [2.24, 2.45) is 0 Å². The van der Waals surface area contributed by atoms with Crippen molar-refractivity contribution in [3.05, 3.63) is 64.9 Å². The molecule has 1 spiro atoms. The Bertz CT molecular complexity index is 922. The molecular formula is C20H18ClN3O3. The van der Waals surface area contributed by atoms with E-state index in [1.165, 1.54) is 6.20 Å². The molecule has 3 atom stereocenters. The first-order valence-corrected chi connectivity index (χ1v) is 9.42. The Hall–Kier alpha value is -2.44. The second-order valence-corrected chi connectivity index (χ2v) is 7.60. The van der Waals surface area contributed by atoms with Crippen molar-refractivity contribution in [2.45, 2.75) is 30.7 Å². The summed E-state index contributed by atoms with van der Waals surface area (Å²) in [5.74, 6) is -0.137. The Labute approximate surface area is 161 Å². The maximum Gasteiger partial charge on any atom is 0.255 e. The van der Waals surface area contributed by atoms with Gasteiger partial charge in [0.25, 0.3) is 5.91 Å². The van der Waals surface area contributed by atoms with Gasteiger partial charge in [-0.3, -0.25) is 14.6 Å². The molecule has 138 valence electrons. The SMILES string of the molecule is O=C(c1ccncc1Cl)N1CC[C@@]23O[C@@H](c4ccccc4)CN2C(=O)C[C@@H]13. The van der Waals surface area contributed by atoms with Crippen LogP contribution in [0.2, 0.25) is 5.02 Å². The van der Waals surface area contributed by atoms with Crippen LogP contribution >= 0.6 is 11.6 Å². The molecule has 27 heavy (non-hydrogen) atoms. The number of nitrogens with zero attached hydrogens (tertiary/aromatic N) is 3. The van der Waals surface area contributed by atoms with Crippen molar-refractivity contribution in [1.29, 1.82) is 0 Å². The lowest BCUT2D eigenvalue weighted by Crippen LogP contribution is -2.48. The Morgan fingerprint density at radius 2 is 2.07 bits per heavy atom. The molecule has 2 aromatic rings.